The van der Waals surface area contributed by atoms with Gasteiger partial charge in [0.2, 0.25) is 0 Å². The molecule has 0 amide bonds. The summed E-state index contributed by atoms with van der Waals surface area (Å²) in [4.78, 5) is 8.90. The predicted molar refractivity (Wildman–Crippen MR) is 19.4 cm³/mol. The van der Waals surface area contributed by atoms with Crippen molar-refractivity contribution in [3.8, 4) is 0 Å². The summed E-state index contributed by atoms with van der Waals surface area (Å²) in [6.45, 7) is 0. The maximum atomic E-state index is 10.6. The van der Waals surface area contributed by atoms with Crippen molar-refractivity contribution in [1.29, 1.82) is 0 Å². The molecule has 8 heteroatoms. The molecule has 2 nitrogen and oxygen atoms in total. The van der Waals surface area contributed by atoms with E-state index in [9.17, 15) is 13.2 Å². The molecule has 0 rings (SSSR count). The number of aliphatic carboxylic acids is 1. The third kappa shape index (κ3) is 12.0. The second kappa shape index (κ2) is 8.42. The second-order valence-corrected chi connectivity index (χ2v) is 0.803. The third-order valence-electron chi connectivity index (χ3n) is 0.243. The average Bonchev–Trinajstić information content (AvgIpc) is 1.31. The van der Waals surface area contributed by atoms with Crippen molar-refractivity contribution in [3.63, 3.8) is 0 Å². The Morgan fingerprint density at radius 3 is 1.30 bits per heavy atom. The van der Waals surface area contributed by atoms with Crippen molar-refractivity contribution >= 4 is 51.5 Å². The Morgan fingerprint density at radius 1 is 1.20 bits per heavy atom. The minimum absolute atomic E-state index is 0. The topological polar surface area (TPSA) is 37.3 Å². The Morgan fingerprint density at radius 2 is 1.30 bits per heavy atom. The van der Waals surface area contributed by atoms with Crippen LogP contribution in [-0.2, 0) is 4.79 Å². The van der Waals surface area contributed by atoms with Gasteiger partial charge in [0, 0.05) is 0 Å². The minimum Gasteiger partial charge on any atom is -1.00 e. The first-order chi connectivity index (χ1) is 2.94. The Hall–Kier alpha value is 1.32. The monoisotopic (exact) mass is 272 g/mol. The van der Waals surface area contributed by atoms with Gasteiger partial charge in [0.1, 0.15) is 0 Å². The van der Waals surface area contributed by atoms with Gasteiger partial charge >= 0.3 is 57.6 Å². The van der Waals surface area contributed by atoms with Crippen LogP contribution in [0, 0.1) is 0 Å². The van der Waals surface area contributed by atoms with E-state index in [1.807, 2.05) is 0 Å². The first kappa shape index (κ1) is 22.5. The van der Waals surface area contributed by atoms with E-state index >= 15 is 0 Å². The Balaban J connectivity index is -0.0000000600. The molecule has 0 aromatic heterocycles. The molecule has 1 N–H and O–H groups in total. The molecule has 0 bridgehead atoms. The summed E-state index contributed by atoms with van der Waals surface area (Å²) in [7, 11) is 0. The molecule has 0 fully saturated rings. The number of carboxylic acid groups (broad SMARTS) is 1. The first-order valence-corrected chi connectivity index (χ1v) is 1.24. The fraction of sp³-hybridized carbons (Fsp3) is 0.500. The molecule has 0 aliphatic rings. The van der Waals surface area contributed by atoms with Crippen LogP contribution in [0.1, 0.15) is 0 Å². The number of alkyl halides is 3. The summed E-state index contributed by atoms with van der Waals surface area (Å²) < 4.78 is 31.7. The van der Waals surface area contributed by atoms with Gasteiger partial charge < -0.3 is 29.9 Å². The van der Waals surface area contributed by atoms with E-state index in [0.29, 0.717) is 0 Å². The van der Waals surface area contributed by atoms with Gasteiger partial charge in [-0.1, -0.05) is 0 Å². The van der Waals surface area contributed by atoms with Gasteiger partial charge in [-0.3, -0.25) is 0 Å². The van der Waals surface area contributed by atoms with E-state index in [-0.39, 0.29) is 70.3 Å². The minimum atomic E-state index is -5.08. The van der Waals surface area contributed by atoms with Gasteiger partial charge in [0.05, 0.1) is 0 Å². The molecule has 0 saturated carbocycles. The molecule has 0 aliphatic carbocycles. The molecule has 0 unspecified atom stereocenters. The summed E-state index contributed by atoms with van der Waals surface area (Å²) in [5.41, 5.74) is 0. The quantitative estimate of drug-likeness (QED) is 0.446. The molecule has 0 radical (unpaired) electrons. The number of carbonyl (C=O) groups is 1. The summed E-state index contributed by atoms with van der Waals surface area (Å²) in [5.74, 6) is -2.76. The number of hydrogen-bond acceptors (Lipinski definition) is 1. The van der Waals surface area contributed by atoms with Crippen LogP contribution < -0.4 is 24.8 Å². The van der Waals surface area contributed by atoms with Gasteiger partial charge in [-0.2, -0.15) is 13.2 Å². The molecule has 10 heavy (non-hydrogen) atoms. The molecule has 0 aromatic rings. The fourth-order valence-corrected chi connectivity index (χ4v) is 0. The Labute approximate surface area is 104 Å². The van der Waals surface area contributed by atoms with Crippen molar-refractivity contribution < 1.29 is 47.9 Å². The maximum absolute atomic E-state index is 10.6. The van der Waals surface area contributed by atoms with E-state index in [1.165, 1.54) is 0 Å². The fourth-order valence-electron chi connectivity index (χ4n) is 0. The third-order valence-corrected chi connectivity index (χ3v) is 0.243. The SMILES string of the molecule is O=C(O)C(F)(F)F.[Cl-].[Cl-].[Sr+2]. The molecular formula is C2HCl2F3O2Sr. The van der Waals surface area contributed by atoms with Crippen LogP contribution >= 0.6 is 0 Å². The Kier molecular flexibility index (Phi) is 18.9. The summed E-state index contributed by atoms with van der Waals surface area (Å²) in [6.07, 6.45) is -5.08. The standard InChI is InChI=1S/C2HF3O2.2ClH.Sr/c3-2(4,5)1(6)7;;;/h(H,6,7);2*1H;/q;;;+2/p-2. The molecule has 58 valence electrons. The normalized spacial score (nSPS) is 7.90. The van der Waals surface area contributed by atoms with Crippen molar-refractivity contribution in [2.75, 3.05) is 0 Å². The number of hydrogen-bond donors (Lipinski definition) is 1. The van der Waals surface area contributed by atoms with E-state index in [2.05, 4.69) is 0 Å². The van der Waals surface area contributed by atoms with Crippen LogP contribution in [0.25, 0.3) is 0 Å². The van der Waals surface area contributed by atoms with Crippen molar-refractivity contribution in [1.82, 2.24) is 0 Å². The summed E-state index contributed by atoms with van der Waals surface area (Å²) in [6, 6.07) is 0. The summed E-state index contributed by atoms with van der Waals surface area (Å²) >= 11 is 0. The van der Waals surface area contributed by atoms with Gasteiger partial charge in [-0.15, -0.1) is 0 Å². The van der Waals surface area contributed by atoms with Crippen LogP contribution in [0.5, 0.6) is 0 Å². The average molecular weight is 273 g/mol. The van der Waals surface area contributed by atoms with Gasteiger partial charge in [-0.05, 0) is 0 Å². The van der Waals surface area contributed by atoms with E-state index in [1.54, 1.807) is 0 Å². The van der Waals surface area contributed by atoms with Crippen LogP contribution in [0.15, 0.2) is 0 Å². The zero-order valence-electron chi connectivity index (χ0n) is 4.45. The maximum Gasteiger partial charge on any atom is 2.00 e. The van der Waals surface area contributed by atoms with Gasteiger partial charge in [0.15, 0.2) is 0 Å². The van der Waals surface area contributed by atoms with Crippen LogP contribution in [0.2, 0.25) is 0 Å². The van der Waals surface area contributed by atoms with Crippen LogP contribution in [-0.4, -0.2) is 62.7 Å². The van der Waals surface area contributed by atoms with Crippen molar-refractivity contribution in [2.45, 2.75) is 6.18 Å². The smallest absolute Gasteiger partial charge is 1.00 e. The predicted octanol–water partition coefficient (Wildman–Crippen LogP) is -5.74. The zero-order valence-corrected chi connectivity index (χ0v) is 9.44. The number of halogens is 5. The van der Waals surface area contributed by atoms with Crippen LogP contribution in [0.4, 0.5) is 13.2 Å². The second-order valence-electron chi connectivity index (χ2n) is 0.803. The summed E-state index contributed by atoms with van der Waals surface area (Å²) in [5, 5.41) is 7.12. The molecule has 0 heterocycles. The van der Waals surface area contributed by atoms with Crippen molar-refractivity contribution in [2.24, 2.45) is 0 Å². The Bertz CT molecular complexity index is 95.0. The number of rotatable bonds is 0. The van der Waals surface area contributed by atoms with E-state index in [4.69, 9.17) is 9.90 Å². The molecule has 0 saturated heterocycles. The molecule has 0 atom stereocenters. The van der Waals surface area contributed by atoms with E-state index in [0.717, 1.165) is 0 Å². The van der Waals surface area contributed by atoms with Crippen LogP contribution in [0.3, 0.4) is 0 Å². The molecule has 0 aromatic carbocycles. The van der Waals surface area contributed by atoms with E-state index < -0.39 is 12.1 Å². The molecular weight excluding hydrogens is 272 g/mol. The van der Waals surface area contributed by atoms with Gasteiger partial charge in [-0.25, -0.2) is 4.79 Å². The largest absolute Gasteiger partial charge is 2.00 e. The molecule has 0 spiro atoms. The van der Waals surface area contributed by atoms with Gasteiger partial charge in [0.25, 0.3) is 0 Å². The first-order valence-electron chi connectivity index (χ1n) is 1.24. The number of carboxylic acids is 1. The molecule has 0 aliphatic heterocycles. The zero-order chi connectivity index (χ0) is 6.08. The van der Waals surface area contributed by atoms with Crippen molar-refractivity contribution in [3.05, 3.63) is 0 Å².